The number of carbonyl (C=O) groups excluding carboxylic acids is 2. The lowest BCUT2D eigenvalue weighted by Crippen LogP contribution is -2.37. The number of nitrogens with one attached hydrogen (secondary N) is 2. The van der Waals surface area contributed by atoms with Crippen LogP contribution in [-0.4, -0.2) is 38.4 Å². The maximum Gasteiger partial charge on any atom is 0.320 e. The zero-order valence-electron chi connectivity index (χ0n) is 24.0. The predicted molar refractivity (Wildman–Crippen MR) is 162 cm³/mol. The molecule has 2 N–H and O–H groups in total. The summed E-state index contributed by atoms with van der Waals surface area (Å²) >= 11 is 5.91. The van der Waals surface area contributed by atoms with Crippen molar-refractivity contribution >= 4 is 46.4 Å². The van der Waals surface area contributed by atoms with Gasteiger partial charge >= 0.3 is 6.01 Å². The second kappa shape index (κ2) is 12.2. The van der Waals surface area contributed by atoms with E-state index < -0.39 is 11.6 Å². The number of hydrogen-bond acceptors (Lipinski definition) is 7. The smallest absolute Gasteiger partial charge is 0.320 e. The van der Waals surface area contributed by atoms with Gasteiger partial charge in [0, 0.05) is 42.9 Å². The van der Waals surface area contributed by atoms with Crippen LogP contribution in [-0.2, 0) is 9.59 Å². The molecule has 2 atom stereocenters. The SMILES string of the molecule is Cc1nnc(Nc2ccc3c(c2)NC(=O)[C@H](C)CCC[C@H](N2CCC(c4c(F)ccc(Cl)c4F)=CC2=O)c2ccnc-3c2)o1. The molecule has 9 nitrogen and oxygen atoms in total. The summed E-state index contributed by atoms with van der Waals surface area (Å²) in [5, 5.41) is 13.7. The van der Waals surface area contributed by atoms with E-state index in [2.05, 4.69) is 25.8 Å². The molecule has 6 rings (SSSR count). The fourth-order valence-electron chi connectivity index (χ4n) is 5.71. The number of amides is 2. The Labute approximate surface area is 257 Å². The minimum Gasteiger partial charge on any atom is -0.408 e. The molecular formula is C32H29ClF2N6O3. The van der Waals surface area contributed by atoms with Crippen molar-refractivity contribution in [2.75, 3.05) is 17.2 Å². The Morgan fingerprint density at radius 2 is 1.93 bits per heavy atom. The number of fused-ring (bicyclic) bond motifs is 4. The monoisotopic (exact) mass is 618 g/mol. The molecule has 4 heterocycles. The Hall–Kier alpha value is -4.64. The van der Waals surface area contributed by atoms with Gasteiger partial charge in [0.15, 0.2) is 5.82 Å². The first-order valence-corrected chi connectivity index (χ1v) is 14.7. The van der Waals surface area contributed by atoms with Crippen molar-refractivity contribution in [2.45, 2.75) is 45.6 Å². The molecule has 0 fully saturated rings. The highest BCUT2D eigenvalue weighted by Gasteiger charge is 2.31. The molecule has 0 saturated heterocycles. The van der Waals surface area contributed by atoms with Gasteiger partial charge in [0.05, 0.1) is 28.0 Å². The van der Waals surface area contributed by atoms with Gasteiger partial charge in [-0.15, -0.1) is 5.10 Å². The molecule has 2 aliphatic rings. The average Bonchev–Trinajstić information content (AvgIpc) is 3.41. The molecule has 0 saturated carbocycles. The van der Waals surface area contributed by atoms with Crippen LogP contribution in [0, 0.1) is 24.5 Å². The van der Waals surface area contributed by atoms with Crippen molar-refractivity contribution in [3.8, 4) is 11.3 Å². The van der Waals surface area contributed by atoms with Crippen molar-refractivity contribution in [1.29, 1.82) is 0 Å². The van der Waals surface area contributed by atoms with Crippen LogP contribution < -0.4 is 10.6 Å². The highest BCUT2D eigenvalue weighted by Crippen LogP contribution is 2.38. The number of aryl methyl sites for hydroxylation is 1. The molecule has 0 spiro atoms. The summed E-state index contributed by atoms with van der Waals surface area (Å²) in [5.41, 5.74) is 3.36. The molecule has 2 aromatic heterocycles. The maximum atomic E-state index is 14.8. The van der Waals surface area contributed by atoms with Gasteiger partial charge in [-0.05, 0) is 72.9 Å². The van der Waals surface area contributed by atoms with Gasteiger partial charge in [-0.1, -0.05) is 30.0 Å². The van der Waals surface area contributed by atoms with Crippen LogP contribution in [0.15, 0.2) is 59.2 Å². The van der Waals surface area contributed by atoms with Gasteiger partial charge in [0.2, 0.25) is 17.7 Å². The lowest BCUT2D eigenvalue weighted by atomic mass is 9.91. The number of anilines is 3. The molecule has 2 aromatic carbocycles. The minimum atomic E-state index is -0.875. The number of carbonyl (C=O) groups is 2. The molecule has 12 heteroatoms. The zero-order chi connectivity index (χ0) is 31.0. The number of benzene rings is 2. The third kappa shape index (κ3) is 5.92. The molecule has 2 amide bonds. The maximum absolute atomic E-state index is 14.8. The lowest BCUT2D eigenvalue weighted by molar-refractivity contribution is -0.129. The first-order chi connectivity index (χ1) is 21.2. The van der Waals surface area contributed by atoms with Crippen LogP contribution in [0.3, 0.4) is 0 Å². The molecule has 0 radical (unpaired) electrons. The highest BCUT2D eigenvalue weighted by molar-refractivity contribution is 6.31. The number of pyridine rings is 1. The van der Waals surface area contributed by atoms with Crippen LogP contribution in [0.1, 0.15) is 55.7 Å². The van der Waals surface area contributed by atoms with Crippen molar-refractivity contribution in [1.82, 2.24) is 20.1 Å². The third-order valence-corrected chi connectivity index (χ3v) is 8.30. The first-order valence-electron chi connectivity index (χ1n) is 14.3. The molecule has 0 aliphatic carbocycles. The summed E-state index contributed by atoms with van der Waals surface area (Å²) in [4.78, 5) is 33.1. The quantitative estimate of drug-likeness (QED) is 0.232. The van der Waals surface area contributed by atoms with E-state index in [9.17, 15) is 18.4 Å². The number of rotatable bonds is 4. The van der Waals surface area contributed by atoms with Gasteiger partial charge in [-0.2, -0.15) is 0 Å². The van der Waals surface area contributed by atoms with E-state index >= 15 is 0 Å². The molecule has 2 bridgehead atoms. The Morgan fingerprint density at radius 1 is 1.09 bits per heavy atom. The molecule has 0 unspecified atom stereocenters. The summed E-state index contributed by atoms with van der Waals surface area (Å²) in [6.45, 7) is 3.82. The fraction of sp³-hybridized carbons (Fsp3) is 0.281. The summed E-state index contributed by atoms with van der Waals surface area (Å²) in [5.74, 6) is -2.02. The van der Waals surface area contributed by atoms with Gasteiger partial charge < -0.3 is 20.0 Å². The van der Waals surface area contributed by atoms with E-state index in [0.29, 0.717) is 47.8 Å². The van der Waals surface area contributed by atoms with Crippen molar-refractivity contribution < 1.29 is 22.8 Å². The Morgan fingerprint density at radius 3 is 2.70 bits per heavy atom. The second-order valence-corrected chi connectivity index (χ2v) is 11.4. The summed E-state index contributed by atoms with van der Waals surface area (Å²) in [7, 11) is 0. The van der Waals surface area contributed by atoms with Crippen LogP contribution in [0.2, 0.25) is 5.02 Å². The Kier molecular flexibility index (Phi) is 8.13. The van der Waals surface area contributed by atoms with Gasteiger partial charge in [0.25, 0.3) is 0 Å². The van der Waals surface area contributed by atoms with Crippen LogP contribution in [0.4, 0.5) is 26.2 Å². The van der Waals surface area contributed by atoms with Crippen LogP contribution >= 0.6 is 11.6 Å². The summed E-state index contributed by atoms with van der Waals surface area (Å²) in [6, 6.07) is 11.4. The zero-order valence-corrected chi connectivity index (χ0v) is 24.8. The largest absolute Gasteiger partial charge is 0.408 e. The topological polar surface area (TPSA) is 113 Å². The summed E-state index contributed by atoms with van der Waals surface area (Å²) < 4.78 is 34.8. The van der Waals surface area contributed by atoms with Gasteiger partial charge in [-0.25, -0.2) is 8.78 Å². The van der Waals surface area contributed by atoms with Crippen LogP contribution in [0.25, 0.3) is 16.8 Å². The first kappa shape index (κ1) is 29.4. The van der Waals surface area contributed by atoms with E-state index in [1.807, 2.05) is 31.2 Å². The number of aromatic nitrogens is 3. The van der Waals surface area contributed by atoms with E-state index in [-0.39, 0.29) is 58.9 Å². The molecule has 226 valence electrons. The molecular weight excluding hydrogens is 590 g/mol. The Bertz CT molecular complexity index is 1790. The number of nitrogens with zero attached hydrogens (tertiary/aromatic N) is 4. The van der Waals surface area contributed by atoms with Crippen molar-refractivity contribution in [3.05, 3.63) is 88.4 Å². The van der Waals surface area contributed by atoms with E-state index in [1.54, 1.807) is 24.1 Å². The van der Waals surface area contributed by atoms with E-state index in [0.717, 1.165) is 17.7 Å². The second-order valence-electron chi connectivity index (χ2n) is 11.0. The molecule has 44 heavy (non-hydrogen) atoms. The lowest BCUT2D eigenvalue weighted by Gasteiger charge is -2.35. The Balaban J connectivity index is 1.35. The normalized spacial score (nSPS) is 18.9. The van der Waals surface area contributed by atoms with Crippen LogP contribution in [0.5, 0.6) is 0 Å². The molecule has 4 aromatic rings. The number of hydrogen-bond donors (Lipinski definition) is 2. The van der Waals surface area contributed by atoms with Crippen molar-refractivity contribution in [2.24, 2.45) is 5.92 Å². The summed E-state index contributed by atoms with van der Waals surface area (Å²) in [6.07, 6.45) is 5.08. The highest BCUT2D eigenvalue weighted by atomic mass is 35.5. The molecule has 2 aliphatic heterocycles. The predicted octanol–water partition coefficient (Wildman–Crippen LogP) is 7.23. The minimum absolute atomic E-state index is 0.141. The average molecular weight is 619 g/mol. The van der Waals surface area contributed by atoms with Gasteiger partial charge in [-0.3, -0.25) is 14.6 Å². The van der Waals surface area contributed by atoms with E-state index in [1.165, 1.54) is 6.08 Å². The third-order valence-electron chi connectivity index (χ3n) is 8.01. The fourth-order valence-corrected chi connectivity index (χ4v) is 5.87. The van der Waals surface area contributed by atoms with E-state index in [4.69, 9.17) is 16.0 Å². The standard InChI is InChI=1S/C32H29ClF2N6O3/c1-17-4-3-5-27(41-13-11-20(15-28(41)42)29-24(34)9-8-23(33)30(29)35)19-10-12-36-25(14-19)22-7-6-21(16-26(22)38-31(17)43)37-32-40-39-18(2)44-32/h6-10,12,14-17,27H,3-5,11,13H2,1-2H3,(H,37,40)(H,38,43)/t17-,27+/m1/s1. The van der Waals surface area contributed by atoms with Crippen molar-refractivity contribution in [3.63, 3.8) is 0 Å². The van der Waals surface area contributed by atoms with Gasteiger partial charge in [0.1, 0.15) is 5.82 Å². The number of halogens is 3.